The van der Waals surface area contributed by atoms with E-state index in [1.54, 1.807) is 13.0 Å². The molecule has 21 heavy (non-hydrogen) atoms. The molecule has 0 spiro atoms. The predicted molar refractivity (Wildman–Crippen MR) is 82.7 cm³/mol. The molecule has 2 heterocycles. The van der Waals surface area contributed by atoms with E-state index >= 15 is 0 Å². The fraction of sp³-hybridized carbons (Fsp3) is 0.429. The molecule has 2 N–H and O–H groups in total. The zero-order valence-electron chi connectivity index (χ0n) is 12.3. The standard InChI is InChI=1S/C14H18ClN5O/c1-4-9-10(14(21)20-19-11(9)5-2)7-16-13-6-12(15)17-8(3)18-13/h6H,4-5,7H2,1-3H3,(H,20,21)(H,16,17,18). The summed E-state index contributed by atoms with van der Waals surface area (Å²) >= 11 is 5.90. The zero-order chi connectivity index (χ0) is 15.4. The summed E-state index contributed by atoms with van der Waals surface area (Å²) in [6.07, 6.45) is 1.55. The molecule has 2 rings (SSSR count). The minimum Gasteiger partial charge on any atom is -0.366 e. The van der Waals surface area contributed by atoms with Crippen molar-refractivity contribution in [2.45, 2.75) is 40.2 Å². The molecule has 0 saturated carbocycles. The number of anilines is 1. The van der Waals surface area contributed by atoms with E-state index in [2.05, 4.69) is 25.5 Å². The van der Waals surface area contributed by atoms with Crippen molar-refractivity contribution in [3.63, 3.8) is 0 Å². The molecule has 0 aliphatic carbocycles. The van der Waals surface area contributed by atoms with Gasteiger partial charge in [-0.2, -0.15) is 5.10 Å². The first-order chi connectivity index (χ1) is 10.0. The van der Waals surface area contributed by atoms with Crippen molar-refractivity contribution >= 4 is 17.4 Å². The Bertz CT molecular complexity index is 678. The second-order valence-electron chi connectivity index (χ2n) is 4.64. The molecule has 2 aromatic rings. The Morgan fingerprint density at radius 1 is 1.24 bits per heavy atom. The monoisotopic (exact) mass is 307 g/mol. The van der Waals surface area contributed by atoms with Gasteiger partial charge in [-0.1, -0.05) is 25.4 Å². The Balaban J connectivity index is 2.29. The second-order valence-corrected chi connectivity index (χ2v) is 5.03. The summed E-state index contributed by atoms with van der Waals surface area (Å²) in [6, 6.07) is 1.64. The van der Waals surface area contributed by atoms with Crippen LogP contribution in [0, 0.1) is 6.92 Å². The Morgan fingerprint density at radius 3 is 2.62 bits per heavy atom. The Hall–Kier alpha value is -1.95. The third-order valence-electron chi connectivity index (χ3n) is 3.22. The molecular formula is C14H18ClN5O. The minimum absolute atomic E-state index is 0.173. The normalized spacial score (nSPS) is 10.7. The smallest absolute Gasteiger partial charge is 0.269 e. The van der Waals surface area contributed by atoms with Gasteiger partial charge in [-0.05, 0) is 25.3 Å². The van der Waals surface area contributed by atoms with Gasteiger partial charge in [0.25, 0.3) is 5.56 Å². The van der Waals surface area contributed by atoms with E-state index in [1.807, 2.05) is 13.8 Å². The summed E-state index contributed by atoms with van der Waals surface area (Å²) in [6.45, 7) is 6.18. The summed E-state index contributed by atoms with van der Waals surface area (Å²) < 4.78 is 0. The number of aromatic amines is 1. The van der Waals surface area contributed by atoms with Crippen LogP contribution in [0.25, 0.3) is 0 Å². The maximum atomic E-state index is 12.0. The van der Waals surface area contributed by atoms with Crippen LogP contribution in [0.1, 0.15) is 36.5 Å². The molecule has 0 atom stereocenters. The molecule has 0 bridgehead atoms. The maximum absolute atomic E-state index is 12.0. The summed E-state index contributed by atoms with van der Waals surface area (Å²) in [5.74, 6) is 1.18. The van der Waals surface area contributed by atoms with Crippen LogP contribution in [-0.4, -0.2) is 20.2 Å². The Morgan fingerprint density at radius 2 is 2.00 bits per heavy atom. The summed E-state index contributed by atoms with van der Waals surface area (Å²) in [5, 5.41) is 10.1. The molecule has 0 unspecified atom stereocenters. The van der Waals surface area contributed by atoms with Crippen LogP contribution in [0.15, 0.2) is 10.9 Å². The fourth-order valence-corrected chi connectivity index (χ4v) is 2.49. The van der Waals surface area contributed by atoms with Gasteiger partial charge in [0, 0.05) is 18.2 Å². The molecule has 0 fully saturated rings. The van der Waals surface area contributed by atoms with Crippen LogP contribution >= 0.6 is 11.6 Å². The van der Waals surface area contributed by atoms with Gasteiger partial charge in [-0.25, -0.2) is 15.1 Å². The Kier molecular flexibility index (Phi) is 4.90. The number of H-pyrrole nitrogens is 1. The molecule has 0 saturated heterocycles. The molecule has 0 radical (unpaired) electrons. The number of halogens is 1. The van der Waals surface area contributed by atoms with Gasteiger partial charge < -0.3 is 5.32 Å². The minimum atomic E-state index is -0.173. The van der Waals surface area contributed by atoms with Crippen molar-refractivity contribution in [2.24, 2.45) is 0 Å². The van der Waals surface area contributed by atoms with Gasteiger partial charge in [0.15, 0.2) is 0 Å². The molecule has 0 aliphatic rings. The summed E-state index contributed by atoms with van der Waals surface area (Å²) in [4.78, 5) is 20.3. The van der Waals surface area contributed by atoms with Crippen molar-refractivity contribution in [3.05, 3.63) is 44.2 Å². The number of aryl methyl sites for hydroxylation is 2. The van der Waals surface area contributed by atoms with Crippen LogP contribution in [0.5, 0.6) is 0 Å². The van der Waals surface area contributed by atoms with Crippen LogP contribution in [0.2, 0.25) is 5.15 Å². The van der Waals surface area contributed by atoms with Gasteiger partial charge in [0.2, 0.25) is 0 Å². The first-order valence-corrected chi connectivity index (χ1v) is 7.27. The number of nitrogens with zero attached hydrogens (tertiary/aromatic N) is 3. The zero-order valence-corrected chi connectivity index (χ0v) is 13.1. The van der Waals surface area contributed by atoms with E-state index in [0.717, 1.165) is 24.1 Å². The molecule has 6 nitrogen and oxygen atoms in total. The van der Waals surface area contributed by atoms with Gasteiger partial charge in [-0.3, -0.25) is 4.79 Å². The second kappa shape index (κ2) is 6.67. The first-order valence-electron chi connectivity index (χ1n) is 6.89. The molecule has 7 heteroatoms. The molecule has 0 aliphatic heterocycles. The number of hydrogen-bond acceptors (Lipinski definition) is 5. The average molecular weight is 308 g/mol. The lowest BCUT2D eigenvalue weighted by Crippen LogP contribution is -2.22. The molecule has 112 valence electrons. The lowest BCUT2D eigenvalue weighted by Gasteiger charge is -2.12. The van der Waals surface area contributed by atoms with E-state index in [1.165, 1.54) is 0 Å². The van der Waals surface area contributed by atoms with Crippen molar-refractivity contribution in [2.75, 3.05) is 5.32 Å². The molecule has 0 aromatic carbocycles. The highest BCUT2D eigenvalue weighted by atomic mass is 35.5. The average Bonchev–Trinajstić information content (AvgIpc) is 2.44. The lowest BCUT2D eigenvalue weighted by molar-refractivity contribution is 0.825. The highest BCUT2D eigenvalue weighted by Crippen LogP contribution is 2.14. The van der Waals surface area contributed by atoms with E-state index in [9.17, 15) is 4.79 Å². The van der Waals surface area contributed by atoms with Crippen molar-refractivity contribution < 1.29 is 0 Å². The van der Waals surface area contributed by atoms with E-state index in [4.69, 9.17) is 11.6 Å². The quantitative estimate of drug-likeness (QED) is 0.828. The first kappa shape index (κ1) is 15.4. The van der Waals surface area contributed by atoms with Gasteiger partial charge in [-0.15, -0.1) is 0 Å². The van der Waals surface area contributed by atoms with Crippen molar-refractivity contribution in [1.82, 2.24) is 20.2 Å². The van der Waals surface area contributed by atoms with Crippen LogP contribution < -0.4 is 10.9 Å². The number of nitrogens with one attached hydrogen (secondary N) is 2. The van der Waals surface area contributed by atoms with Crippen LogP contribution in [-0.2, 0) is 19.4 Å². The predicted octanol–water partition coefficient (Wildman–Crippen LogP) is 2.26. The van der Waals surface area contributed by atoms with Crippen LogP contribution in [0.3, 0.4) is 0 Å². The highest BCUT2D eigenvalue weighted by Gasteiger charge is 2.12. The maximum Gasteiger partial charge on any atom is 0.269 e. The SMILES string of the molecule is CCc1n[nH]c(=O)c(CNc2cc(Cl)nc(C)n2)c1CC. The van der Waals surface area contributed by atoms with Crippen molar-refractivity contribution in [1.29, 1.82) is 0 Å². The molecular weight excluding hydrogens is 290 g/mol. The molecule has 0 amide bonds. The number of hydrogen-bond donors (Lipinski definition) is 2. The number of aromatic nitrogens is 4. The van der Waals surface area contributed by atoms with E-state index in [0.29, 0.717) is 28.9 Å². The van der Waals surface area contributed by atoms with Gasteiger partial charge >= 0.3 is 0 Å². The summed E-state index contributed by atoms with van der Waals surface area (Å²) in [7, 11) is 0. The van der Waals surface area contributed by atoms with Crippen LogP contribution in [0.4, 0.5) is 5.82 Å². The fourth-order valence-electron chi connectivity index (χ4n) is 2.26. The van der Waals surface area contributed by atoms with E-state index < -0.39 is 0 Å². The van der Waals surface area contributed by atoms with E-state index in [-0.39, 0.29) is 5.56 Å². The summed E-state index contributed by atoms with van der Waals surface area (Å²) in [5.41, 5.74) is 2.43. The highest BCUT2D eigenvalue weighted by molar-refractivity contribution is 6.29. The van der Waals surface area contributed by atoms with Crippen molar-refractivity contribution in [3.8, 4) is 0 Å². The van der Waals surface area contributed by atoms with Gasteiger partial charge in [0.05, 0.1) is 5.69 Å². The van der Waals surface area contributed by atoms with Gasteiger partial charge in [0.1, 0.15) is 16.8 Å². The number of rotatable bonds is 5. The topological polar surface area (TPSA) is 83.6 Å². The lowest BCUT2D eigenvalue weighted by atomic mass is 10.0. The molecule has 2 aromatic heterocycles. The Labute approximate surface area is 128 Å². The third-order valence-corrected chi connectivity index (χ3v) is 3.41. The third kappa shape index (κ3) is 3.58. The largest absolute Gasteiger partial charge is 0.366 e.